The zero-order chi connectivity index (χ0) is 8.85. The van der Waals surface area contributed by atoms with Crippen LogP contribution in [0.3, 0.4) is 0 Å². The van der Waals surface area contributed by atoms with E-state index < -0.39 is 8.53 Å². The first kappa shape index (κ1) is 10.8. The van der Waals surface area contributed by atoms with Crippen LogP contribution in [0.5, 0.6) is 0 Å². The summed E-state index contributed by atoms with van der Waals surface area (Å²) in [7, 11) is -1.81. The van der Waals surface area contributed by atoms with Crippen molar-refractivity contribution in [1.29, 1.82) is 5.26 Å². The van der Waals surface area contributed by atoms with Gasteiger partial charge in [0.1, 0.15) is 0 Å². The van der Waals surface area contributed by atoms with Gasteiger partial charge < -0.3 is 9.42 Å². The van der Waals surface area contributed by atoms with Gasteiger partial charge in [-0.05, 0) is 5.92 Å². The van der Waals surface area contributed by atoms with Gasteiger partial charge in [0.25, 0.3) is 0 Å². The minimum atomic E-state index is -1.81. The second-order valence-electron chi connectivity index (χ2n) is 2.58. The number of rotatable bonds is 4. The molecule has 0 amide bonds. The van der Waals surface area contributed by atoms with Crippen LogP contribution in [-0.4, -0.2) is 11.5 Å². The molecule has 0 aliphatic carbocycles. The molecule has 2 unspecified atom stereocenters. The van der Waals surface area contributed by atoms with Gasteiger partial charge >= 0.3 is 0 Å². The average molecular weight is 176 g/mol. The molecular weight excluding hydrogens is 163 g/mol. The van der Waals surface area contributed by atoms with Crippen LogP contribution >= 0.6 is 8.53 Å². The van der Waals surface area contributed by atoms with E-state index in [1.807, 2.05) is 13.8 Å². The third-order valence-corrected chi connectivity index (χ3v) is 1.77. The van der Waals surface area contributed by atoms with Crippen LogP contribution in [-0.2, 0) is 4.52 Å². The molecule has 0 aliphatic heterocycles. The van der Waals surface area contributed by atoms with Gasteiger partial charge in [0.2, 0.25) is 8.53 Å². The third-order valence-electron chi connectivity index (χ3n) is 1.36. The highest BCUT2D eigenvalue weighted by Gasteiger charge is 2.13. The number of nitrogens with two attached hydrogens (primary N) is 1. The Balaban J connectivity index is 3.64. The Morgan fingerprint density at radius 2 is 2.27 bits per heavy atom. The van der Waals surface area contributed by atoms with Gasteiger partial charge in [-0.15, -0.1) is 0 Å². The van der Waals surface area contributed by atoms with E-state index in [9.17, 15) is 0 Å². The topological polar surface area (TPSA) is 79.3 Å². The number of hydrogen-bond acceptors (Lipinski definition) is 4. The summed E-state index contributed by atoms with van der Waals surface area (Å²) in [6.45, 7) is 4.06. The van der Waals surface area contributed by atoms with Crippen LogP contribution in [0.15, 0.2) is 0 Å². The molecule has 0 fully saturated rings. The van der Waals surface area contributed by atoms with Crippen molar-refractivity contribution >= 4 is 8.53 Å². The number of hydrogen-bond donors (Lipinski definition) is 2. The van der Waals surface area contributed by atoms with E-state index in [-0.39, 0.29) is 18.4 Å². The predicted octanol–water partition coefficient (Wildman–Crippen LogP) is 0.977. The normalized spacial score (nSPS) is 16.0. The SMILES string of the molecule is CC(C)C(C#N)COP(N)O. The molecule has 2 atom stereocenters. The van der Waals surface area contributed by atoms with E-state index in [2.05, 4.69) is 6.07 Å². The van der Waals surface area contributed by atoms with Crippen molar-refractivity contribution in [2.45, 2.75) is 13.8 Å². The van der Waals surface area contributed by atoms with Gasteiger partial charge in [0.15, 0.2) is 0 Å². The average Bonchev–Trinajstić information content (AvgIpc) is 1.87. The largest absolute Gasteiger partial charge is 0.338 e. The lowest BCUT2D eigenvalue weighted by molar-refractivity contribution is 0.245. The van der Waals surface area contributed by atoms with Crippen LogP contribution in [0.25, 0.3) is 0 Å². The molecule has 4 nitrogen and oxygen atoms in total. The Kier molecular flexibility index (Phi) is 5.35. The van der Waals surface area contributed by atoms with Crippen LogP contribution < -0.4 is 5.50 Å². The molecule has 3 N–H and O–H groups in total. The fourth-order valence-electron chi connectivity index (χ4n) is 0.535. The van der Waals surface area contributed by atoms with Crippen molar-refractivity contribution in [3.63, 3.8) is 0 Å². The minimum absolute atomic E-state index is 0.185. The first-order valence-corrected chi connectivity index (χ1v) is 4.62. The lowest BCUT2D eigenvalue weighted by atomic mass is 9.99. The Bertz CT molecular complexity index is 144. The summed E-state index contributed by atoms with van der Waals surface area (Å²) in [5, 5.41) is 8.56. The summed E-state index contributed by atoms with van der Waals surface area (Å²) in [6, 6.07) is 2.08. The highest BCUT2D eigenvalue weighted by atomic mass is 31.2. The smallest absolute Gasteiger partial charge is 0.250 e. The fourth-order valence-corrected chi connectivity index (χ4v) is 0.849. The molecule has 0 aliphatic rings. The molecule has 0 radical (unpaired) electrons. The Hall–Kier alpha value is -0.200. The van der Waals surface area contributed by atoms with Gasteiger partial charge in [0.05, 0.1) is 18.6 Å². The van der Waals surface area contributed by atoms with Crippen molar-refractivity contribution in [2.75, 3.05) is 6.61 Å². The van der Waals surface area contributed by atoms with Crippen molar-refractivity contribution in [3.8, 4) is 6.07 Å². The zero-order valence-corrected chi connectivity index (χ0v) is 7.58. The Morgan fingerprint density at radius 1 is 1.73 bits per heavy atom. The molecule has 0 rings (SSSR count). The molecule has 0 aromatic rings. The molecule has 0 aromatic carbocycles. The predicted molar refractivity (Wildman–Crippen MR) is 43.2 cm³/mol. The number of nitrogens with zero attached hydrogens (tertiary/aromatic N) is 1. The maximum atomic E-state index is 8.59. The van der Waals surface area contributed by atoms with Crippen molar-refractivity contribution in [3.05, 3.63) is 0 Å². The molecule has 5 heteroatoms. The summed E-state index contributed by atoms with van der Waals surface area (Å²) in [5.41, 5.74) is 4.98. The Morgan fingerprint density at radius 3 is 2.55 bits per heavy atom. The van der Waals surface area contributed by atoms with E-state index >= 15 is 0 Å². The second-order valence-corrected chi connectivity index (χ2v) is 3.44. The van der Waals surface area contributed by atoms with E-state index in [0.29, 0.717) is 0 Å². The first-order valence-electron chi connectivity index (χ1n) is 3.34. The molecule has 0 saturated carbocycles. The zero-order valence-electron chi connectivity index (χ0n) is 6.69. The van der Waals surface area contributed by atoms with Crippen LogP contribution in [0.1, 0.15) is 13.8 Å². The molecule has 0 heterocycles. The maximum absolute atomic E-state index is 8.59. The third kappa shape index (κ3) is 5.11. The monoisotopic (exact) mass is 176 g/mol. The lowest BCUT2D eigenvalue weighted by Gasteiger charge is -2.13. The van der Waals surface area contributed by atoms with Crippen molar-refractivity contribution in [2.24, 2.45) is 17.3 Å². The van der Waals surface area contributed by atoms with Gasteiger partial charge in [-0.3, -0.25) is 5.50 Å². The molecule has 0 aromatic heterocycles. The summed E-state index contributed by atoms with van der Waals surface area (Å²) in [4.78, 5) is 8.59. The lowest BCUT2D eigenvalue weighted by Crippen LogP contribution is -2.13. The van der Waals surface area contributed by atoms with Crippen molar-refractivity contribution < 1.29 is 9.42 Å². The molecule has 11 heavy (non-hydrogen) atoms. The van der Waals surface area contributed by atoms with E-state index in [0.717, 1.165) is 0 Å². The van der Waals surface area contributed by atoms with Gasteiger partial charge in [-0.2, -0.15) is 5.26 Å². The van der Waals surface area contributed by atoms with E-state index in [1.54, 1.807) is 0 Å². The first-order chi connectivity index (χ1) is 5.07. The molecule has 0 saturated heterocycles. The standard InChI is InChI=1S/C6H13N2O2P/c1-5(2)6(3-7)4-10-11(8)9/h5-6,9H,4,8H2,1-2H3. The highest BCUT2D eigenvalue weighted by molar-refractivity contribution is 7.43. The summed E-state index contributed by atoms with van der Waals surface area (Å²) >= 11 is 0. The van der Waals surface area contributed by atoms with Gasteiger partial charge in [-0.1, -0.05) is 13.8 Å². The van der Waals surface area contributed by atoms with Crippen LogP contribution in [0.2, 0.25) is 0 Å². The number of nitriles is 1. The molecule has 0 spiro atoms. The van der Waals surface area contributed by atoms with E-state index in [1.165, 1.54) is 0 Å². The summed E-state index contributed by atoms with van der Waals surface area (Å²) in [6.07, 6.45) is 0. The van der Waals surface area contributed by atoms with Crippen LogP contribution in [0.4, 0.5) is 0 Å². The molecule has 0 bridgehead atoms. The summed E-state index contributed by atoms with van der Waals surface area (Å²) in [5.74, 6) is 0.0469. The highest BCUT2D eigenvalue weighted by Crippen LogP contribution is 2.22. The fraction of sp³-hybridized carbons (Fsp3) is 0.833. The quantitative estimate of drug-likeness (QED) is 0.625. The van der Waals surface area contributed by atoms with Gasteiger partial charge in [0, 0.05) is 0 Å². The summed E-state index contributed by atoms with van der Waals surface area (Å²) < 4.78 is 4.73. The molecule has 64 valence electrons. The van der Waals surface area contributed by atoms with E-state index in [4.69, 9.17) is 20.2 Å². The minimum Gasteiger partial charge on any atom is -0.338 e. The van der Waals surface area contributed by atoms with Crippen molar-refractivity contribution in [1.82, 2.24) is 0 Å². The Labute approximate surface area is 67.9 Å². The second kappa shape index (κ2) is 5.45. The molecular formula is C6H13N2O2P. The van der Waals surface area contributed by atoms with Gasteiger partial charge in [-0.25, -0.2) is 0 Å². The van der Waals surface area contributed by atoms with Crippen LogP contribution in [0, 0.1) is 23.2 Å². The maximum Gasteiger partial charge on any atom is 0.250 e.